The minimum absolute atomic E-state index is 0.0807. The number of aromatic amines is 1. The van der Waals surface area contributed by atoms with Crippen molar-refractivity contribution in [3.05, 3.63) is 119 Å². The van der Waals surface area contributed by atoms with Crippen molar-refractivity contribution in [1.29, 1.82) is 0 Å². The van der Waals surface area contributed by atoms with Crippen LogP contribution in [0.25, 0.3) is 0 Å². The van der Waals surface area contributed by atoms with E-state index in [1.165, 1.54) is 6.92 Å². The first-order valence-electron chi connectivity index (χ1n) is 9.70. The van der Waals surface area contributed by atoms with Crippen molar-refractivity contribution in [1.82, 2.24) is 9.97 Å². The summed E-state index contributed by atoms with van der Waals surface area (Å²) in [6.45, 7) is 1.25. The van der Waals surface area contributed by atoms with E-state index in [1.54, 1.807) is 0 Å². The minimum Gasteiger partial charge on any atom is -0.492 e. The van der Waals surface area contributed by atoms with Crippen LogP contribution < -0.4 is 0 Å². The molecule has 2 N–H and O–H groups in total. The van der Waals surface area contributed by atoms with Crippen molar-refractivity contribution in [2.75, 3.05) is 0 Å². The number of esters is 1. The summed E-state index contributed by atoms with van der Waals surface area (Å²) in [6, 6.07) is 30.1. The van der Waals surface area contributed by atoms with Crippen LogP contribution in [0.1, 0.15) is 35.1 Å². The van der Waals surface area contributed by atoms with E-state index >= 15 is 0 Å². The zero-order chi connectivity index (χ0) is 21.0. The summed E-state index contributed by atoms with van der Waals surface area (Å²) < 4.78 is 5.08. The molecule has 4 aromatic rings. The molecule has 150 valence electrons. The second-order valence-electron chi connectivity index (χ2n) is 7.02. The van der Waals surface area contributed by atoms with E-state index in [4.69, 9.17) is 4.74 Å². The molecule has 1 heterocycles. The molecule has 1 aromatic heterocycles. The Kier molecular flexibility index (Phi) is 5.35. The zero-order valence-corrected chi connectivity index (χ0v) is 16.6. The molecule has 30 heavy (non-hydrogen) atoms. The average molecular weight is 398 g/mol. The summed E-state index contributed by atoms with van der Waals surface area (Å²) in [7, 11) is 0. The Morgan fingerprint density at radius 3 is 1.70 bits per heavy atom. The van der Waals surface area contributed by atoms with Gasteiger partial charge >= 0.3 is 5.97 Å². The van der Waals surface area contributed by atoms with Crippen molar-refractivity contribution < 1.29 is 14.6 Å². The lowest BCUT2D eigenvalue weighted by atomic mass is 9.69. The van der Waals surface area contributed by atoms with Gasteiger partial charge in [0.25, 0.3) is 0 Å². The smallest absolute Gasteiger partial charge is 0.303 e. The largest absolute Gasteiger partial charge is 0.492 e. The van der Waals surface area contributed by atoms with Crippen molar-refractivity contribution in [2.24, 2.45) is 0 Å². The Morgan fingerprint density at radius 2 is 1.30 bits per heavy atom. The monoisotopic (exact) mass is 398 g/mol. The number of hydrogen-bond acceptors (Lipinski definition) is 4. The predicted octanol–water partition coefficient (Wildman–Crippen LogP) is 4.56. The first-order valence-corrected chi connectivity index (χ1v) is 9.70. The molecule has 5 heteroatoms. The third-order valence-corrected chi connectivity index (χ3v) is 5.15. The molecule has 0 aliphatic rings. The number of nitrogens with one attached hydrogen (secondary N) is 1. The highest BCUT2D eigenvalue weighted by atomic mass is 16.5. The van der Waals surface area contributed by atoms with Gasteiger partial charge in [0.05, 0.1) is 0 Å². The molecule has 0 aliphatic carbocycles. The fraction of sp³-hybridized carbons (Fsp3) is 0.120. The Hall–Kier alpha value is -3.86. The second-order valence-corrected chi connectivity index (χ2v) is 7.02. The standard InChI is InChI=1S/C25H22N2O3/c1-18(28)30-17-22-23(29)27-24(26-22)25(19-11-5-2-6-12-19,20-13-7-3-8-14-20)21-15-9-4-10-16-21/h2-16,29H,17H2,1H3,(H,26,27). The van der Waals surface area contributed by atoms with Gasteiger partial charge in [-0.15, -0.1) is 0 Å². The summed E-state index contributed by atoms with van der Waals surface area (Å²) in [6.07, 6.45) is 0. The van der Waals surface area contributed by atoms with Gasteiger partial charge in [-0.25, -0.2) is 0 Å². The maximum Gasteiger partial charge on any atom is 0.303 e. The van der Waals surface area contributed by atoms with Crippen LogP contribution in [0.5, 0.6) is 5.88 Å². The fourth-order valence-corrected chi connectivity index (χ4v) is 3.83. The number of rotatable bonds is 6. The van der Waals surface area contributed by atoms with Crippen molar-refractivity contribution in [2.45, 2.75) is 18.9 Å². The van der Waals surface area contributed by atoms with E-state index < -0.39 is 11.4 Å². The Morgan fingerprint density at radius 1 is 0.867 bits per heavy atom. The Labute approximate surface area is 175 Å². The van der Waals surface area contributed by atoms with Crippen LogP contribution in [0.2, 0.25) is 0 Å². The van der Waals surface area contributed by atoms with E-state index in [-0.39, 0.29) is 12.5 Å². The van der Waals surface area contributed by atoms with Crippen molar-refractivity contribution in [3.8, 4) is 5.88 Å². The summed E-state index contributed by atoms with van der Waals surface area (Å²) in [5.74, 6) is -0.0600. The summed E-state index contributed by atoms with van der Waals surface area (Å²) >= 11 is 0. The number of carbonyl (C=O) groups is 1. The van der Waals surface area contributed by atoms with E-state index in [1.807, 2.05) is 91.0 Å². The van der Waals surface area contributed by atoms with Crippen LogP contribution in [0.4, 0.5) is 0 Å². The van der Waals surface area contributed by atoms with Crippen molar-refractivity contribution in [3.63, 3.8) is 0 Å². The molecule has 0 spiro atoms. The lowest BCUT2D eigenvalue weighted by Crippen LogP contribution is -2.32. The number of H-pyrrole nitrogens is 1. The molecular weight excluding hydrogens is 376 g/mol. The lowest BCUT2D eigenvalue weighted by Gasteiger charge is -2.34. The van der Waals surface area contributed by atoms with Crippen LogP contribution in [-0.4, -0.2) is 21.0 Å². The summed E-state index contributed by atoms with van der Waals surface area (Å²) in [4.78, 5) is 19.0. The second kappa shape index (κ2) is 8.25. The highest BCUT2D eigenvalue weighted by molar-refractivity contribution is 5.66. The van der Waals surface area contributed by atoms with Crippen LogP contribution in [-0.2, 0) is 21.6 Å². The van der Waals surface area contributed by atoms with Crippen LogP contribution >= 0.6 is 0 Å². The van der Waals surface area contributed by atoms with Crippen molar-refractivity contribution >= 4 is 5.97 Å². The number of carbonyl (C=O) groups excluding carboxylic acids is 1. The molecule has 0 fully saturated rings. The van der Waals surface area contributed by atoms with Crippen LogP contribution in [0.15, 0.2) is 91.0 Å². The van der Waals surface area contributed by atoms with Gasteiger partial charge in [0.1, 0.15) is 23.5 Å². The highest BCUT2D eigenvalue weighted by Gasteiger charge is 2.41. The predicted molar refractivity (Wildman–Crippen MR) is 114 cm³/mol. The van der Waals surface area contributed by atoms with Gasteiger partial charge in [-0.3, -0.25) is 4.79 Å². The SMILES string of the molecule is CC(=O)OCc1[nH]c(C(c2ccccc2)(c2ccccc2)c2ccccc2)nc1O. The molecule has 4 rings (SSSR count). The maximum atomic E-state index is 11.3. The molecular formula is C25H22N2O3. The third kappa shape index (κ3) is 3.46. The highest BCUT2D eigenvalue weighted by Crippen LogP contribution is 2.44. The van der Waals surface area contributed by atoms with Gasteiger partial charge in [0, 0.05) is 6.92 Å². The van der Waals surface area contributed by atoms with E-state index in [0.717, 1.165) is 16.7 Å². The number of aromatic hydroxyl groups is 1. The molecule has 0 bridgehead atoms. The maximum absolute atomic E-state index is 11.3. The first kappa shape index (κ1) is 19.5. The van der Waals surface area contributed by atoms with Gasteiger partial charge in [0.15, 0.2) is 0 Å². The molecule has 0 saturated carbocycles. The van der Waals surface area contributed by atoms with E-state index in [2.05, 4.69) is 9.97 Å². The third-order valence-electron chi connectivity index (χ3n) is 5.15. The van der Waals surface area contributed by atoms with Gasteiger partial charge in [-0.1, -0.05) is 91.0 Å². The van der Waals surface area contributed by atoms with E-state index in [9.17, 15) is 9.90 Å². The average Bonchev–Trinajstić information content (AvgIpc) is 3.16. The molecule has 0 saturated heterocycles. The number of benzene rings is 3. The van der Waals surface area contributed by atoms with Gasteiger partial charge in [-0.05, 0) is 16.7 Å². The molecule has 0 radical (unpaired) electrons. The van der Waals surface area contributed by atoms with Gasteiger partial charge in [0.2, 0.25) is 5.88 Å². The molecule has 0 amide bonds. The lowest BCUT2D eigenvalue weighted by molar-refractivity contribution is -0.142. The number of ether oxygens (including phenoxy) is 1. The fourth-order valence-electron chi connectivity index (χ4n) is 3.83. The normalized spacial score (nSPS) is 11.2. The molecule has 0 unspecified atom stereocenters. The number of nitrogens with zero attached hydrogens (tertiary/aromatic N) is 1. The first-order chi connectivity index (χ1) is 14.6. The van der Waals surface area contributed by atoms with Crippen LogP contribution in [0, 0.1) is 0 Å². The number of hydrogen-bond donors (Lipinski definition) is 2. The van der Waals surface area contributed by atoms with Crippen LogP contribution in [0.3, 0.4) is 0 Å². The minimum atomic E-state index is -0.796. The number of aromatic nitrogens is 2. The number of imidazole rings is 1. The molecule has 0 aliphatic heterocycles. The topological polar surface area (TPSA) is 75.2 Å². The van der Waals surface area contributed by atoms with Gasteiger partial charge in [-0.2, -0.15) is 4.98 Å². The Bertz CT molecular complexity index is 1030. The summed E-state index contributed by atoms with van der Waals surface area (Å²) in [5.41, 5.74) is 2.54. The zero-order valence-electron chi connectivity index (χ0n) is 16.6. The molecule has 0 atom stereocenters. The van der Waals surface area contributed by atoms with E-state index in [0.29, 0.717) is 11.5 Å². The molecule has 5 nitrogen and oxygen atoms in total. The van der Waals surface area contributed by atoms with Gasteiger partial charge < -0.3 is 14.8 Å². The quantitative estimate of drug-likeness (QED) is 0.369. The Balaban J connectivity index is 2.01. The summed E-state index contributed by atoms with van der Waals surface area (Å²) in [5, 5.41) is 10.5. The molecule has 3 aromatic carbocycles.